The van der Waals surface area contributed by atoms with Gasteiger partial charge in [-0.2, -0.15) is 0 Å². The fraction of sp³-hybridized carbons (Fsp3) is 0.182. The topological polar surface area (TPSA) is 54.0 Å². The van der Waals surface area contributed by atoms with Gasteiger partial charge in [0.15, 0.2) is 0 Å². The molecule has 2 N–H and O–H groups in total. The first-order valence-electron chi connectivity index (χ1n) is 8.92. The molecule has 0 saturated heterocycles. The van der Waals surface area contributed by atoms with E-state index in [1.54, 1.807) is 12.3 Å². The first-order chi connectivity index (χ1) is 13.1. The minimum absolute atomic E-state index is 0.0716. The van der Waals surface area contributed by atoms with E-state index in [-0.39, 0.29) is 11.9 Å². The van der Waals surface area contributed by atoms with Gasteiger partial charge in [-0.05, 0) is 48.7 Å². The van der Waals surface area contributed by atoms with Crippen molar-refractivity contribution in [3.63, 3.8) is 0 Å². The van der Waals surface area contributed by atoms with Crippen molar-refractivity contribution in [3.05, 3.63) is 94.8 Å². The van der Waals surface area contributed by atoms with Crippen LogP contribution in [0.5, 0.6) is 0 Å². The van der Waals surface area contributed by atoms with E-state index in [1.807, 2.05) is 67.6 Å². The molecular formula is C22H22ClN3O. The van der Waals surface area contributed by atoms with E-state index >= 15 is 0 Å². The summed E-state index contributed by atoms with van der Waals surface area (Å²) in [6.07, 6.45) is 2.57. The maximum Gasteiger partial charge on any atom is 0.270 e. The average molecular weight is 380 g/mol. The average Bonchev–Trinajstić information content (AvgIpc) is 2.70. The largest absolute Gasteiger partial charge is 0.383 e. The normalized spacial score (nSPS) is 11.6. The van der Waals surface area contributed by atoms with Crippen LogP contribution < -0.4 is 10.6 Å². The molecule has 3 aromatic rings. The Labute approximate surface area is 164 Å². The number of rotatable bonds is 7. The van der Waals surface area contributed by atoms with Crippen LogP contribution in [-0.2, 0) is 6.42 Å². The molecule has 5 heteroatoms. The highest BCUT2D eigenvalue weighted by Gasteiger charge is 2.12. The Kier molecular flexibility index (Phi) is 6.44. The predicted molar refractivity (Wildman–Crippen MR) is 110 cm³/mol. The Morgan fingerprint density at radius 1 is 1.04 bits per heavy atom. The summed E-state index contributed by atoms with van der Waals surface area (Å²) < 4.78 is 0. The summed E-state index contributed by atoms with van der Waals surface area (Å²) in [7, 11) is 0. The molecule has 0 aliphatic carbocycles. The second-order valence-electron chi connectivity index (χ2n) is 6.34. The molecule has 0 aliphatic heterocycles. The van der Waals surface area contributed by atoms with Crippen LogP contribution in [0.1, 0.15) is 34.6 Å². The van der Waals surface area contributed by atoms with Crippen LogP contribution in [0, 0.1) is 0 Å². The van der Waals surface area contributed by atoms with Crippen LogP contribution in [-0.4, -0.2) is 17.4 Å². The molecular weight excluding hydrogens is 358 g/mol. The Balaban J connectivity index is 1.50. The van der Waals surface area contributed by atoms with Crippen molar-refractivity contribution in [2.24, 2.45) is 0 Å². The number of nitrogens with zero attached hydrogens (tertiary/aromatic N) is 1. The first-order valence-corrected chi connectivity index (χ1v) is 9.30. The van der Waals surface area contributed by atoms with Gasteiger partial charge in [-0.1, -0.05) is 54.1 Å². The Morgan fingerprint density at radius 2 is 1.78 bits per heavy atom. The highest BCUT2D eigenvalue weighted by atomic mass is 35.5. The molecule has 0 bridgehead atoms. The molecule has 0 fully saturated rings. The van der Waals surface area contributed by atoms with Gasteiger partial charge in [-0.3, -0.25) is 4.79 Å². The molecule has 1 heterocycles. The zero-order valence-corrected chi connectivity index (χ0v) is 15.9. The number of hydrogen-bond donors (Lipinski definition) is 2. The fourth-order valence-electron chi connectivity index (χ4n) is 2.73. The van der Waals surface area contributed by atoms with Crippen molar-refractivity contribution < 1.29 is 4.79 Å². The minimum Gasteiger partial charge on any atom is -0.383 e. The molecule has 138 valence electrons. The van der Waals surface area contributed by atoms with Gasteiger partial charge >= 0.3 is 0 Å². The van der Waals surface area contributed by atoms with Crippen molar-refractivity contribution >= 4 is 23.2 Å². The standard InChI is InChI=1S/C22H22ClN3O/c1-16(18-5-3-2-4-6-18)26-22(27)21-12-11-20(15-25-21)24-14-13-17-7-9-19(23)10-8-17/h2-12,15-16,24H,13-14H2,1H3,(H,26,27). The lowest BCUT2D eigenvalue weighted by atomic mass is 10.1. The second-order valence-corrected chi connectivity index (χ2v) is 6.78. The predicted octanol–water partition coefficient (Wildman–Crippen LogP) is 4.88. The van der Waals surface area contributed by atoms with Gasteiger partial charge in [0.25, 0.3) is 5.91 Å². The van der Waals surface area contributed by atoms with E-state index in [0.717, 1.165) is 29.2 Å². The third-order valence-corrected chi connectivity index (χ3v) is 4.55. The van der Waals surface area contributed by atoms with Gasteiger partial charge in [0, 0.05) is 11.6 Å². The lowest BCUT2D eigenvalue weighted by molar-refractivity contribution is 0.0935. The van der Waals surface area contributed by atoms with Gasteiger partial charge in [0.1, 0.15) is 5.69 Å². The van der Waals surface area contributed by atoms with E-state index in [0.29, 0.717) is 5.69 Å². The lowest BCUT2D eigenvalue weighted by Gasteiger charge is -2.14. The number of aromatic nitrogens is 1. The molecule has 0 radical (unpaired) electrons. The number of carbonyl (C=O) groups is 1. The monoisotopic (exact) mass is 379 g/mol. The van der Waals surface area contributed by atoms with E-state index in [9.17, 15) is 4.79 Å². The van der Waals surface area contributed by atoms with Gasteiger partial charge < -0.3 is 10.6 Å². The summed E-state index contributed by atoms with van der Waals surface area (Å²) >= 11 is 5.89. The second kappa shape index (κ2) is 9.19. The van der Waals surface area contributed by atoms with Crippen LogP contribution in [0.25, 0.3) is 0 Å². The number of amides is 1. The van der Waals surface area contributed by atoms with Crippen molar-refractivity contribution in [1.82, 2.24) is 10.3 Å². The number of hydrogen-bond acceptors (Lipinski definition) is 3. The van der Waals surface area contributed by atoms with Crippen LogP contribution >= 0.6 is 11.6 Å². The number of anilines is 1. The maximum absolute atomic E-state index is 12.4. The molecule has 0 spiro atoms. The number of benzene rings is 2. The molecule has 1 amide bonds. The maximum atomic E-state index is 12.4. The molecule has 1 aromatic heterocycles. The first kappa shape index (κ1) is 18.9. The van der Waals surface area contributed by atoms with Gasteiger partial charge in [0.2, 0.25) is 0 Å². The molecule has 1 unspecified atom stereocenters. The minimum atomic E-state index is -0.181. The van der Waals surface area contributed by atoms with Crippen LogP contribution in [0.2, 0.25) is 5.02 Å². The Bertz CT molecular complexity index is 864. The van der Waals surface area contributed by atoms with Crippen molar-refractivity contribution in [2.75, 3.05) is 11.9 Å². The van der Waals surface area contributed by atoms with Gasteiger partial charge in [-0.15, -0.1) is 0 Å². The summed E-state index contributed by atoms with van der Waals surface area (Å²) in [5.41, 5.74) is 3.56. The molecule has 0 aliphatic rings. The Hall–Kier alpha value is -2.85. The lowest BCUT2D eigenvalue weighted by Crippen LogP contribution is -2.27. The van der Waals surface area contributed by atoms with E-state index < -0.39 is 0 Å². The van der Waals surface area contributed by atoms with Crippen molar-refractivity contribution in [2.45, 2.75) is 19.4 Å². The highest BCUT2D eigenvalue weighted by molar-refractivity contribution is 6.30. The number of halogens is 1. The summed E-state index contributed by atoms with van der Waals surface area (Å²) in [6, 6.07) is 21.2. The molecule has 0 saturated carbocycles. The highest BCUT2D eigenvalue weighted by Crippen LogP contribution is 2.13. The summed E-state index contributed by atoms with van der Waals surface area (Å²) in [6.45, 7) is 2.74. The van der Waals surface area contributed by atoms with Gasteiger partial charge in [-0.25, -0.2) is 4.98 Å². The van der Waals surface area contributed by atoms with E-state index in [4.69, 9.17) is 11.6 Å². The summed E-state index contributed by atoms with van der Waals surface area (Å²) in [5, 5.41) is 7.02. The number of pyridine rings is 1. The van der Waals surface area contributed by atoms with Crippen molar-refractivity contribution in [3.8, 4) is 0 Å². The van der Waals surface area contributed by atoms with Crippen LogP contribution in [0.4, 0.5) is 5.69 Å². The zero-order chi connectivity index (χ0) is 19.1. The molecule has 3 rings (SSSR count). The van der Waals surface area contributed by atoms with Crippen molar-refractivity contribution in [1.29, 1.82) is 0 Å². The summed E-state index contributed by atoms with van der Waals surface area (Å²) in [4.78, 5) is 16.6. The van der Waals surface area contributed by atoms with Gasteiger partial charge in [0.05, 0.1) is 17.9 Å². The van der Waals surface area contributed by atoms with E-state index in [2.05, 4.69) is 15.6 Å². The number of carbonyl (C=O) groups excluding carboxylic acids is 1. The van der Waals surface area contributed by atoms with Crippen LogP contribution in [0.15, 0.2) is 72.9 Å². The molecule has 27 heavy (non-hydrogen) atoms. The smallest absolute Gasteiger partial charge is 0.270 e. The van der Waals surface area contributed by atoms with E-state index in [1.165, 1.54) is 5.56 Å². The SMILES string of the molecule is CC(NC(=O)c1ccc(NCCc2ccc(Cl)cc2)cn1)c1ccccc1. The molecule has 2 aromatic carbocycles. The quantitative estimate of drug-likeness (QED) is 0.615. The Morgan fingerprint density at radius 3 is 2.44 bits per heavy atom. The third-order valence-electron chi connectivity index (χ3n) is 4.30. The zero-order valence-electron chi connectivity index (χ0n) is 15.2. The third kappa shape index (κ3) is 5.56. The molecule has 4 nitrogen and oxygen atoms in total. The fourth-order valence-corrected chi connectivity index (χ4v) is 2.86. The summed E-state index contributed by atoms with van der Waals surface area (Å²) in [5.74, 6) is -0.181. The van der Waals surface area contributed by atoms with Crippen LogP contribution in [0.3, 0.4) is 0 Å². The molecule has 1 atom stereocenters. The number of nitrogens with one attached hydrogen (secondary N) is 2.